The van der Waals surface area contributed by atoms with Gasteiger partial charge in [0.25, 0.3) is 0 Å². The molecule has 0 saturated carbocycles. The Morgan fingerprint density at radius 2 is 2.00 bits per heavy atom. The molecule has 0 heterocycles. The number of amides is 1. The third-order valence-electron chi connectivity index (χ3n) is 3.66. The summed E-state index contributed by atoms with van der Waals surface area (Å²) in [6, 6.07) is 5.99. The van der Waals surface area contributed by atoms with E-state index in [1.165, 1.54) is 3.57 Å². The van der Waals surface area contributed by atoms with Gasteiger partial charge < -0.3 is 11.1 Å². The number of rotatable bonds is 5. The number of carbonyl (C=O) groups excluding carboxylic acids is 1. The second kappa shape index (κ2) is 6.52. The fraction of sp³-hybridized carbons (Fsp3) is 0.500. The summed E-state index contributed by atoms with van der Waals surface area (Å²) in [5, 5.41) is 3.01. The predicted octanol–water partition coefficient (Wildman–Crippen LogP) is 3.30. The molecule has 0 aliphatic carbocycles. The van der Waals surface area contributed by atoms with Gasteiger partial charge >= 0.3 is 0 Å². The van der Waals surface area contributed by atoms with E-state index < -0.39 is 5.41 Å². The number of hydrogen-bond acceptors (Lipinski definition) is 2. The SMILES string of the molecule is CCC(CC)(CN)C(=O)Nc1ccc(I)cc1C. The Labute approximate surface area is 123 Å². The number of carbonyl (C=O) groups is 1. The molecular weight excluding hydrogens is 339 g/mol. The van der Waals surface area contributed by atoms with Gasteiger partial charge in [-0.2, -0.15) is 0 Å². The van der Waals surface area contributed by atoms with E-state index in [2.05, 4.69) is 34.0 Å². The number of aryl methyl sites for hydroxylation is 1. The smallest absolute Gasteiger partial charge is 0.231 e. The lowest BCUT2D eigenvalue weighted by Gasteiger charge is -2.28. The van der Waals surface area contributed by atoms with Gasteiger partial charge in [-0.3, -0.25) is 4.79 Å². The molecule has 1 amide bonds. The number of nitrogens with two attached hydrogens (primary N) is 1. The molecule has 4 heteroatoms. The highest BCUT2D eigenvalue weighted by atomic mass is 127. The van der Waals surface area contributed by atoms with Crippen LogP contribution in [-0.2, 0) is 4.79 Å². The highest BCUT2D eigenvalue weighted by Gasteiger charge is 2.33. The van der Waals surface area contributed by atoms with Gasteiger partial charge in [-0.1, -0.05) is 13.8 Å². The van der Waals surface area contributed by atoms with E-state index in [4.69, 9.17) is 5.73 Å². The molecule has 0 radical (unpaired) electrons. The van der Waals surface area contributed by atoms with Crippen molar-refractivity contribution >= 4 is 34.2 Å². The molecule has 0 aromatic heterocycles. The molecule has 3 nitrogen and oxygen atoms in total. The summed E-state index contributed by atoms with van der Waals surface area (Å²) in [5.41, 5.74) is 7.29. The van der Waals surface area contributed by atoms with Gasteiger partial charge in [0, 0.05) is 15.8 Å². The summed E-state index contributed by atoms with van der Waals surface area (Å²) in [4.78, 5) is 12.4. The van der Waals surface area contributed by atoms with Crippen LogP contribution in [0.3, 0.4) is 0 Å². The van der Waals surface area contributed by atoms with Crippen LogP contribution in [0.1, 0.15) is 32.3 Å². The fourth-order valence-corrected chi connectivity index (χ4v) is 2.62. The van der Waals surface area contributed by atoms with Crippen LogP contribution in [0, 0.1) is 15.9 Å². The lowest BCUT2D eigenvalue weighted by molar-refractivity contribution is -0.125. The largest absolute Gasteiger partial charge is 0.329 e. The summed E-state index contributed by atoms with van der Waals surface area (Å²) in [6.45, 7) is 6.41. The van der Waals surface area contributed by atoms with Crippen LogP contribution in [0.4, 0.5) is 5.69 Å². The van der Waals surface area contributed by atoms with Crippen molar-refractivity contribution in [1.82, 2.24) is 0 Å². The summed E-state index contributed by atoms with van der Waals surface area (Å²) in [5.74, 6) is 0.0271. The van der Waals surface area contributed by atoms with Gasteiger partial charge in [-0.15, -0.1) is 0 Å². The summed E-state index contributed by atoms with van der Waals surface area (Å²) in [7, 11) is 0. The maximum absolute atomic E-state index is 12.4. The average Bonchev–Trinajstić information content (AvgIpc) is 2.36. The van der Waals surface area contributed by atoms with Crippen molar-refractivity contribution in [3.8, 4) is 0 Å². The maximum atomic E-state index is 12.4. The molecule has 18 heavy (non-hydrogen) atoms. The van der Waals surface area contributed by atoms with Gasteiger partial charge in [0.1, 0.15) is 0 Å². The first kappa shape index (κ1) is 15.4. The highest BCUT2D eigenvalue weighted by Crippen LogP contribution is 2.28. The predicted molar refractivity (Wildman–Crippen MR) is 84.6 cm³/mol. The third-order valence-corrected chi connectivity index (χ3v) is 4.33. The molecule has 0 unspecified atom stereocenters. The number of hydrogen-bond donors (Lipinski definition) is 2. The minimum atomic E-state index is -0.449. The molecule has 3 N–H and O–H groups in total. The van der Waals surface area contributed by atoms with Crippen LogP contribution >= 0.6 is 22.6 Å². The number of nitrogens with one attached hydrogen (secondary N) is 1. The van der Waals surface area contributed by atoms with Gasteiger partial charge in [-0.25, -0.2) is 0 Å². The zero-order chi connectivity index (χ0) is 13.8. The zero-order valence-electron chi connectivity index (χ0n) is 11.2. The molecule has 0 bridgehead atoms. The molecule has 100 valence electrons. The van der Waals surface area contributed by atoms with Crippen LogP contribution in [0.25, 0.3) is 0 Å². The Hall–Kier alpha value is -0.620. The van der Waals surface area contributed by atoms with Crippen LogP contribution in [0.2, 0.25) is 0 Å². The second-order valence-corrected chi connectivity index (χ2v) is 5.85. The van der Waals surface area contributed by atoms with Crippen molar-refractivity contribution < 1.29 is 4.79 Å². The Bertz CT molecular complexity index is 420. The van der Waals surface area contributed by atoms with Crippen molar-refractivity contribution in [3.63, 3.8) is 0 Å². The first-order chi connectivity index (χ1) is 8.49. The van der Waals surface area contributed by atoms with E-state index >= 15 is 0 Å². The standard InChI is InChI=1S/C14H21IN2O/c1-4-14(5-2,9-16)13(18)17-12-7-6-11(15)8-10(12)3/h6-8H,4-5,9,16H2,1-3H3,(H,17,18). The van der Waals surface area contributed by atoms with Gasteiger partial charge in [0.05, 0.1) is 5.41 Å². The van der Waals surface area contributed by atoms with Crippen LogP contribution in [0.15, 0.2) is 18.2 Å². The van der Waals surface area contributed by atoms with Crippen molar-refractivity contribution in [3.05, 3.63) is 27.3 Å². The summed E-state index contributed by atoms with van der Waals surface area (Å²) >= 11 is 2.26. The molecular formula is C14H21IN2O. The van der Waals surface area contributed by atoms with E-state index in [1.54, 1.807) is 0 Å². The molecule has 0 spiro atoms. The van der Waals surface area contributed by atoms with Gasteiger partial charge in [0.15, 0.2) is 0 Å². The van der Waals surface area contributed by atoms with Crippen molar-refractivity contribution in [1.29, 1.82) is 0 Å². The Balaban J connectivity index is 2.93. The van der Waals surface area contributed by atoms with E-state index in [0.29, 0.717) is 6.54 Å². The molecule has 0 atom stereocenters. The second-order valence-electron chi connectivity index (χ2n) is 4.60. The maximum Gasteiger partial charge on any atom is 0.231 e. The van der Waals surface area contributed by atoms with Crippen molar-refractivity contribution in [2.45, 2.75) is 33.6 Å². The van der Waals surface area contributed by atoms with Crippen molar-refractivity contribution in [2.24, 2.45) is 11.1 Å². The molecule has 1 aromatic rings. The molecule has 0 aliphatic heterocycles. The Kier molecular flexibility index (Phi) is 5.59. The third kappa shape index (κ3) is 3.23. The molecule has 1 aromatic carbocycles. The Morgan fingerprint density at radius 1 is 1.39 bits per heavy atom. The lowest BCUT2D eigenvalue weighted by Crippen LogP contribution is -2.41. The highest BCUT2D eigenvalue weighted by molar-refractivity contribution is 14.1. The molecule has 0 fully saturated rings. The first-order valence-corrected chi connectivity index (χ1v) is 7.34. The molecule has 0 saturated heterocycles. The molecule has 0 aliphatic rings. The minimum absolute atomic E-state index is 0.0271. The van der Waals surface area contributed by atoms with Crippen LogP contribution in [0.5, 0.6) is 0 Å². The average molecular weight is 360 g/mol. The summed E-state index contributed by atoms with van der Waals surface area (Å²) < 4.78 is 1.17. The zero-order valence-corrected chi connectivity index (χ0v) is 13.4. The van der Waals surface area contributed by atoms with E-state index in [1.807, 2.05) is 32.9 Å². The molecule has 1 rings (SSSR count). The topological polar surface area (TPSA) is 55.1 Å². The number of benzene rings is 1. The van der Waals surface area contributed by atoms with Gasteiger partial charge in [0.2, 0.25) is 5.91 Å². The van der Waals surface area contributed by atoms with E-state index in [0.717, 1.165) is 24.1 Å². The Morgan fingerprint density at radius 3 is 2.44 bits per heavy atom. The monoisotopic (exact) mass is 360 g/mol. The summed E-state index contributed by atoms with van der Waals surface area (Å²) in [6.07, 6.45) is 1.52. The first-order valence-electron chi connectivity index (χ1n) is 6.26. The minimum Gasteiger partial charge on any atom is -0.329 e. The fourth-order valence-electron chi connectivity index (χ4n) is 1.97. The van der Waals surface area contributed by atoms with E-state index in [-0.39, 0.29) is 5.91 Å². The van der Waals surface area contributed by atoms with Crippen LogP contribution in [-0.4, -0.2) is 12.5 Å². The quantitative estimate of drug-likeness (QED) is 0.792. The van der Waals surface area contributed by atoms with Crippen molar-refractivity contribution in [2.75, 3.05) is 11.9 Å². The number of anilines is 1. The normalized spacial score (nSPS) is 11.4. The lowest BCUT2D eigenvalue weighted by atomic mass is 9.81. The number of halogens is 1. The van der Waals surface area contributed by atoms with E-state index in [9.17, 15) is 4.79 Å². The van der Waals surface area contributed by atoms with Gasteiger partial charge in [-0.05, 0) is 66.1 Å². The van der Waals surface area contributed by atoms with Crippen LogP contribution < -0.4 is 11.1 Å².